The molecule has 3 aromatic rings. The van der Waals surface area contributed by atoms with Crippen LogP contribution in [0.5, 0.6) is 0 Å². The van der Waals surface area contributed by atoms with Gasteiger partial charge in [0.15, 0.2) is 0 Å². The van der Waals surface area contributed by atoms with Crippen LogP contribution < -0.4 is 10.9 Å². The summed E-state index contributed by atoms with van der Waals surface area (Å²) in [6, 6.07) is 10.4. The van der Waals surface area contributed by atoms with Gasteiger partial charge in [0.2, 0.25) is 0 Å². The average Bonchev–Trinajstić information content (AvgIpc) is 2.72. The zero-order chi connectivity index (χ0) is 21.7. The quantitative estimate of drug-likeness (QED) is 0.259. The molecule has 0 fully saturated rings. The number of nitro benzene ring substituents is 1. The number of nitro groups is 1. The van der Waals surface area contributed by atoms with Crippen molar-refractivity contribution < 1.29 is 19.2 Å². The molecule has 0 atom stereocenters. The summed E-state index contributed by atoms with van der Waals surface area (Å²) in [6.45, 7) is 2.32. The van der Waals surface area contributed by atoms with Crippen LogP contribution in [0.25, 0.3) is 5.65 Å². The number of pyridine rings is 1. The van der Waals surface area contributed by atoms with E-state index in [0.717, 1.165) is 11.8 Å². The lowest BCUT2D eigenvalue weighted by Crippen LogP contribution is -2.19. The maximum Gasteiger partial charge on any atom is 0.340 e. The fourth-order valence-corrected chi connectivity index (χ4v) is 2.91. The zero-order valence-corrected chi connectivity index (χ0v) is 16.5. The molecule has 0 aliphatic rings. The van der Waals surface area contributed by atoms with Gasteiger partial charge < -0.3 is 14.8 Å². The third-order valence-electron chi connectivity index (χ3n) is 4.34. The third-order valence-corrected chi connectivity index (χ3v) is 4.34. The molecule has 0 amide bonds. The van der Waals surface area contributed by atoms with Crippen LogP contribution in [-0.4, -0.2) is 40.5 Å². The van der Waals surface area contributed by atoms with Crippen molar-refractivity contribution in [2.24, 2.45) is 0 Å². The summed E-state index contributed by atoms with van der Waals surface area (Å²) in [6.07, 6.45) is 0. The standard InChI is InChI=1S/C20H20N4O6/c1-13-4-3-5-18-22-14(10-19(25)23(13)18)12-30-20(26)16-11-15(24(27)28)6-7-17(16)21-8-9-29-2/h3-7,10-11,21H,8-9,12H2,1-2H3. The van der Waals surface area contributed by atoms with E-state index in [-0.39, 0.29) is 29.1 Å². The number of non-ortho nitro benzene ring substituents is 1. The third kappa shape index (κ3) is 4.61. The molecule has 1 aromatic carbocycles. The summed E-state index contributed by atoms with van der Waals surface area (Å²) in [7, 11) is 1.54. The Bertz CT molecular complexity index is 1160. The number of ether oxygens (including phenoxy) is 2. The number of carbonyl (C=O) groups excluding carboxylic acids is 1. The highest BCUT2D eigenvalue weighted by Crippen LogP contribution is 2.23. The van der Waals surface area contributed by atoms with Gasteiger partial charge in [0.05, 0.1) is 22.8 Å². The molecule has 0 aliphatic heterocycles. The van der Waals surface area contributed by atoms with Crippen molar-refractivity contribution >= 4 is 23.0 Å². The Kier molecular flexibility index (Phi) is 6.38. The van der Waals surface area contributed by atoms with Crippen LogP contribution in [0.1, 0.15) is 21.7 Å². The molecule has 10 nitrogen and oxygen atoms in total. The highest BCUT2D eigenvalue weighted by molar-refractivity contribution is 5.96. The number of aromatic nitrogens is 2. The summed E-state index contributed by atoms with van der Waals surface area (Å²) < 4.78 is 11.7. The van der Waals surface area contributed by atoms with E-state index in [1.807, 2.05) is 0 Å². The van der Waals surface area contributed by atoms with Crippen molar-refractivity contribution in [3.63, 3.8) is 0 Å². The largest absolute Gasteiger partial charge is 0.456 e. The van der Waals surface area contributed by atoms with Crippen LogP contribution in [0.2, 0.25) is 0 Å². The second-order valence-corrected chi connectivity index (χ2v) is 6.43. The summed E-state index contributed by atoms with van der Waals surface area (Å²) in [5, 5.41) is 14.1. The maximum absolute atomic E-state index is 12.6. The van der Waals surface area contributed by atoms with Gasteiger partial charge in [-0.05, 0) is 25.1 Å². The number of methoxy groups -OCH3 is 1. The van der Waals surface area contributed by atoms with Gasteiger partial charge in [-0.1, -0.05) is 6.07 Å². The van der Waals surface area contributed by atoms with Gasteiger partial charge >= 0.3 is 5.97 Å². The van der Waals surface area contributed by atoms with E-state index in [2.05, 4.69) is 10.3 Å². The number of esters is 1. The lowest BCUT2D eigenvalue weighted by atomic mass is 10.1. The Labute approximate surface area is 171 Å². The normalized spacial score (nSPS) is 10.7. The van der Waals surface area contributed by atoms with Crippen LogP contribution >= 0.6 is 0 Å². The SMILES string of the molecule is COCCNc1ccc([N+](=O)[O-])cc1C(=O)OCc1cc(=O)n2c(C)cccc2n1. The minimum absolute atomic E-state index is 0.00802. The van der Waals surface area contributed by atoms with Crippen molar-refractivity contribution in [2.45, 2.75) is 13.5 Å². The van der Waals surface area contributed by atoms with Crippen molar-refractivity contribution in [3.05, 3.63) is 79.9 Å². The van der Waals surface area contributed by atoms with Crippen LogP contribution in [0.4, 0.5) is 11.4 Å². The van der Waals surface area contributed by atoms with Gasteiger partial charge in [-0.25, -0.2) is 9.78 Å². The molecule has 2 aromatic heterocycles. The molecule has 0 saturated carbocycles. The van der Waals surface area contributed by atoms with Gasteiger partial charge in [0.1, 0.15) is 12.3 Å². The molecule has 0 unspecified atom stereocenters. The molecule has 30 heavy (non-hydrogen) atoms. The first-order chi connectivity index (χ1) is 14.4. The number of anilines is 1. The van der Waals surface area contributed by atoms with Gasteiger partial charge in [0.25, 0.3) is 11.2 Å². The smallest absolute Gasteiger partial charge is 0.340 e. The van der Waals surface area contributed by atoms with E-state index in [0.29, 0.717) is 24.5 Å². The predicted octanol–water partition coefficient (Wildman–Crippen LogP) is 2.33. The number of fused-ring (bicyclic) bond motifs is 1. The molecule has 0 radical (unpaired) electrons. The van der Waals surface area contributed by atoms with Crippen molar-refractivity contribution in [2.75, 3.05) is 25.6 Å². The van der Waals surface area contributed by atoms with Gasteiger partial charge in [0, 0.05) is 43.2 Å². The number of hydrogen-bond acceptors (Lipinski definition) is 8. The first-order valence-electron chi connectivity index (χ1n) is 9.07. The minimum atomic E-state index is -0.773. The van der Waals surface area contributed by atoms with Gasteiger partial charge in [-0.2, -0.15) is 0 Å². The average molecular weight is 412 g/mol. The summed E-state index contributed by atoms with van der Waals surface area (Å²) >= 11 is 0. The molecule has 0 aliphatic carbocycles. The minimum Gasteiger partial charge on any atom is -0.456 e. The topological polar surface area (TPSA) is 125 Å². The Morgan fingerprint density at radius 2 is 2.07 bits per heavy atom. The fourth-order valence-electron chi connectivity index (χ4n) is 2.91. The van der Waals surface area contributed by atoms with E-state index in [1.54, 1.807) is 25.1 Å². The fraction of sp³-hybridized carbons (Fsp3) is 0.250. The lowest BCUT2D eigenvalue weighted by Gasteiger charge is -2.12. The number of hydrogen-bond donors (Lipinski definition) is 1. The number of carbonyl (C=O) groups is 1. The van der Waals surface area contributed by atoms with E-state index >= 15 is 0 Å². The second-order valence-electron chi connectivity index (χ2n) is 6.43. The van der Waals surface area contributed by atoms with Crippen LogP contribution in [0.15, 0.2) is 47.3 Å². The zero-order valence-electron chi connectivity index (χ0n) is 16.5. The van der Waals surface area contributed by atoms with E-state index < -0.39 is 10.9 Å². The van der Waals surface area contributed by atoms with Gasteiger partial charge in [-0.3, -0.25) is 19.3 Å². The van der Waals surface area contributed by atoms with Crippen molar-refractivity contribution in [3.8, 4) is 0 Å². The Hall–Kier alpha value is -3.79. The summed E-state index contributed by atoms with van der Waals surface area (Å²) in [4.78, 5) is 39.8. The Balaban J connectivity index is 1.83. The van der Waals surface area contributed by atoms with Gasteiger partial charge in [-0.15, -0.1) is 0 Å². The van der Waals surface area contributed by atoms with Crippen molar-refractivity contribution in [1.82, 2.24) is 9.38 Å². The molecule has 0 saturated heterocycles. The molecule has 3 rings (SSSR count). The number of nitrogens with zero attached hydrogens (tertiary/aromatic N) is 3. The predicted molar refractivity (Wildman–Crippen MR) is 109 cm³/mol. The van der Waals surface area contributed by atoms with E-state index in [9.17, 15) is 19.7 Å². The number of rotatable bonds is 8. The first kappa shape index (κ1) is 20.9. The Morgan fingerprint density at radius 1 is 1.27 bits per heavy atom. The number of nitrogens with one attached hydrogen (secondary N) is 1. The highest BCUT2D eigenvalue weighted by atomic mass is 16.6. The molecular weight excluding hydrogens is 392 g/mol. The maximum atomic E-state index is 12.6. The molecule has 1 N–H and O–H groups in total. The Morgan fingerprint density at radius 3 is 2.80 bits per heavy atom. The van der Waals surface area contributed by atoms with Crippen molar-refractivity contribution in [1.29, 1.82) is 0 Å². The summed E-state index contributed by atoms with van der Waals surface area (Å²) in [5.74, 6) is -0.773. The molecular formula is C20H20N4O6. The van der Waals surface area contributed by atoms with Crippen LogP contribution in [-0.2, 0) is 16.1 Å². The lowest BCUT2D eigenvalue weighted by molar-refractivity contribution is -0.384. The molecule has 0 spiro atoms. The monoisotopic (exact) mass is 412 g/mol. The molecule has 2 heterocycles. The highest BCUT2D eigenvalue weighted by Gasteiger charge is 2.18. The number of aryl methyl sites for hydroxylation is 1. The molecule has 156 valence electrons. The second kappa shape index (κ2) is 9.14. The molecule has 0 bridgehead atoms. The van der Waals surface area contributed by atoms with E-state index in [1.165, 1.54) is 29.7 Å². The van der Waals surface area contributed by atoms with E-state index in [4.69, 9.17) is 9.47 Å². The van der Waals surface area contributed by atoms with Crippen LogP contribution in [0, 0.1) is 17.0 Å². The van der Waals surface area contributed by atoms with Crippen LogP contribution in [0.3, 0.4) is 0 Å². The first-order valence-corrected chi connectivity index (χ1v) is 9.07. The number of benzene rings is 1. The molecule has 10 heteroatoms. The summed E-state index contributed by atoms with van der Waals surface area (Å²) in [5.41, 5.74) is 1.30.